The molecule has 2 heterocycles. The molecule has 0 unspecified atom stereocenters. The van der Waals surface area contributed by atoms with Crippen LogP contribution in [0.4, 0.5) is 8.78 Å². The zero-order chi connectivity index (χ0) is 22.0. The van der Waals surface area contributed by atoms with Crippen molar-refractivity contribution >= 4 is 29.1 Å². The van der Waals surface area contributed by atoms with Gasteiger partial charge < -0.3 is 4.74 Å². The first-order valence-corrected chi connectivity index (χ1v) is 10.3. The van der Waals surface area contributed by atoms with Crippen LogP contribution in [0, 0.1) is 0 Å². The first-order chi connectivity index (χ1) is 14.9. The number of halogens is 4. The van der Waals surface area contributed by atoms with Crippen molar-refractivity contribution in [2.45, 2.75) is 19.5 Å². The summed E-state index contributed by atoms with van der Waals surface area (Å²) >= 11 is 12.3. The molecular weight excluding hydrogens is 449 g/mol. The van der Waals surface area contributed by atoms with Crippen molar-refractivity contribution < 1.29 is 18.3 Å². The van der Waals surface area contributed by atoms with Crippen molar-refractivity contribution in [3.8, 4) is 22.7 Å². The van der Waals surface area contributed by atoms with Gasteiger partial charge in [0.15, 0.2) is 11.4 Å². The molecule has 0 atom stereocenters. The molecular formula is C21H18Cl2F2N4O2. The second kappa shape index (κ2) is 9.21. The largest absolute Gasteiger partial charge is 0.430 e. The van der Waals surface area contributed by atoms with Crippen LogP contribution in [0.2, 0.25) is 10.0 Å². The average molecular weight is 467 g/mol. The van der Waals surface area contributed by atoms with Crippen LogP contribution in [0.3, 0.4) is 0 Å². The predicted molar refractivity (Wildman–Crippen MR) is 114 cm³/mol. The molecule has 0 spiro atoms. The number of alkyl halides is 2. The molecule has 0 bridgehead atoms. The highest BCUT2D eigenvalue weighted by Gasteiger charge is 2.30. The first-order valence-electron chi connectivity index (χ1n) is 9.58. The number of carbonyl (C=O) groups is 1. The van der Waals surface area contributed by atoms with Crippen molar-refractivity contribution in [2.75, 3.05) is 13.1 Å². The van der Waals surface area contributed by atoms with Gasteiger partial charge in [-0.25, -0.2) is 9.69 Å². The Kier molecular flexibility index (Phi) is 6.41. The number of rotatable bonds is 6. The van der Waals surface area contributed by atoms with E-state index in [1.807, 2.05) is 0 Å². The molecule has 6 nitrogen and oxygen atoms in total. The number of amides is 1. The zero-order valence-corrected chi connectivity index (χ0v) is 17.7. The topological polar surface area (TPSA) is 59.4 Å². The Morgan fingerprint density at radius 1 is 1.06 bits per heavy atom. The van der Waals surface area contributed by atoms with E-state index in [9.17, 15) is 13.6 Å². The minimum Gasteiger partial charge on any atom is -0.430 e. The third-order valence-electron chi connectivity index (χ3n) is 4.83. The Bertz CT molecular complexity index is 1080. The molecule has 1 saturated heterocycles. The molecule has 10 heteroatoms. The quantitative estimate of drug-likeness (QED) is 0.543. The molecule has 1 fully saturated rings. The number of nitrogens with one attached hydrogen (secondary N) is 1. The molecule has 0 aliphatic carbocycles. The summed E-state index contributed by atoms with van der Waals surface area (Å²) in [6.45, 7) is -1.81. The minimum absolute atomic E-state index is 0.164. The second-order valence-electron chi connectivity index (χ2n) is 6.91. The minimum atomic E-state index is -3.16. The molecule has 1 amide bonds. The van der Waals surface area contributed by atoms with Crippen LogP contribution in [0.25, 0.3) is 16.9 Å². The Labute approximate surface area is 187 Å². The van der Waals surface area contributed by atoms with Gasteiger partial charge in [0.1, 0.15) is 5.69 Å². The SMILES string of the molecule is O=C(NN1CCCC1)c1nn(-c2ccccc2Cl)c(-c2ccc(Cl)cc2)c1OC(F)F. The van der Waals surface area contributed by atoms with Crippen LogP contribution in [-0.2, 0) is 0 Å². The Morgan fingerprint density at radius 3 is 2.39 bits per heavy atom. The second-order valence-corrected chi connectivity index (χ2v) is 7.75. The van der Waals surface area contributed by atoms with E-state index in [4.69, 9.17) is 27.9 Å². The van der Waals surface area contributed by atoms with Crippen LogP contribution in [0.15, 0.2) is 48.5 Å². The smallest absolute Gasteiger partial charge is 0.387 e. The van der Waals surface area contributed by atoms with Gasteiger partial charge in [0, 0.05) is 23.7 Å². The van der Waals surface area contributed by atoms with Gasteiger partial charge in [0.05, 0.1) is 10.7 Å². The number of hydrogen-bond donors (Lipinski definition) is 1. The molecule has 4 rings (SSSR count). The fourth-order valence-electron chi connectivity index (χ4n) is 3.44. The van der Waals surface area contributed by atoms with Crippen LogP contribution in [-0.4, -0.2) is 40.4 Å². The predicted octanol–water partition coefficient (Wildman–Crippen LogP) is 5.19. The summed E-state index contributed by atoms with van der Waals surface area (Å²) in [6, 6.07) is 13.3. The molecule has 1 aliphatic heterocycles. The van der Waals surface area contributed by atoms with Crippen molar-refractivity contribution in [2.24, 2.45) is 0 Å². The van der Waals surface area contributed by atoms with E-state index in [1.165, 1.54) is 4.68 Å². The molecule has 162 valence electrons. The van der Waals surface area contributed by atoms with E-state index in [-0.39, 0.29) is 17.1 Å². The Hall–Kier alpha value is -2.68. The van der Waals surface area contributed by atoms with Crippen LogP contribution >= 0.6 is 23.2 Å². The maximum Gasteiger partial charge on any atom is 0.387 e. The number of hydrazine groups is 1. The summed E-state index contributed by atoms with van der Waals surface area (Å²) in [5.41, 5.74) is 3.50. The molecule has 31 heavy (non-hydrogen) atoms. The summed E-state index contributed by atoms with van der Waals surface area (Å²) in [7, 11) is 0. The molecule has 1 aromatic heterocycles. The normalized spacial score (nSPS) is 14.2. The lowest BCUT2D eigenvalue weighted by Gasteiger charge is -2.15. The molecule has 1 N–H and O–H groups in total. The van der Waals surface area contributed by atoms with Gasteiger partial charge in [-0.3, -0.25) is 10.2 Å². The lowest BCUT2D eigenvalue weighted by Crippen LogP contribution is -2.40. The standard InChI is InChI=1S/C21H18Cl2F2N4O2/c22-14-9-7-13(8-10-14)18-19(31-21(24)25)17(20(30)27-28-11-3-4-12-28)26-29(18)16-6-2-1-5-15(16)23/h1-2,5-10,21H,3-4,11-12H2,(H,27,30). The van der Waals surface area contributed by atoms with Gasteiger partial charge in [-0.05, 0) is 37.1 Å². The van der Waals surface area contributed by atoms with E-state index < -0.39 is 12.5 Å². The fraction of sp³-hybridized carbons (Fsp3) is 0.238. The summed E-state index contributed by atoms with van der Waals surface area (Å²) in [5, 5.41) is 6.86. The van der Waals surface area contributed by atoms with Gasteiger partial charge in [-0.15, -0.1) is 0 Å². The lowest BCUT2D eigenvalue weighted by atomic mass is 10.1. The monoisotopic (exact) mass is 466 g/mol. The lowest BCUT2D eigenvalue weighted by molar-refractivity contribution is -0.0498. The van der Waals surface area contributed by atoms with Crippen molar-refractivity contribution in [1.82, 2.24) is 20.2 Å². The van der Waals surface area contributed by atoms with E-state index in [1.54, 1.807) is 53.5 Å². The average Bonchev–Trinajstić information content (AvgIpc) is 3.37. The maximum absolute atomic E-state index is 13.4. The number of hydrogen-bond acceptors (Lipinski definition) is 4. The summed E-state index contributed by atoms with van der Waals surface area (Å²) < 4.78 is 32.9. The van der Waals surface area contributed by atoms with Crippen LogP contribution < -0.4 is 10.2 Å². The first kappa shape index (κ1) is 21.5. The number of benzene rings is 2. The van der Waals surface area contributed by atoms with Gasteiger partial charge in [0.2, 0.25) is 0 Å². The number of carbonyl (C=O) groups excluding carboxylic acids is 1. The van der Waals surface area contributed by atoms with E-state index in [0.29, 0.717) is 34.4 Å². The number of nitrogens with zero attached hydrogens (tertiary/aromatic N) is 3. The maximum atomic E-state index is 13.4. The summed E-state index contributed by atoms with van der Waals surface area (Å²) in [4.78, 5) is 13.0. The molecule has 2 aromatic carbocycles. The Balaban J connectivity index is 1.90. The third-order valence-corrected chi connectivity index (χ3v) is 5.40. The zero-order valence-electron chi connectivity index (χ0n) is 16.2. The summed E-state index contributed by atoms with van der Waals surface area (Å²) in [5.74, 6) is -0.979. The van der Waals surface area contributed by atoms with Gasteiger partial charge in [0.25, 0.3) is 5.91 Å². The fourth-order valence-corrected chi connectivity index (χ4v) is 3.78. The molecule has 0 saturated carbocycles. The highest BCUT2D eigenvalue weighted by Crippen LogP contribution is 2.38. The van der Waals surface area contributed by atoms with E-state index in [0.717, 1.165) is 12.8 Å². The van der Waals surface area contributed by atoms with Crippen molar-refractivity contribution in [3.63, 3.8) is 0 Å². The van der Waals surface area contributed by atoms with Gasteiger partial charge in [-0.1, -0.05) is 47.5 Å². The van der Waals surface area contributed by atoms with Crippen molar-refractivity contribution in [1.29, 1.82) is 0 Å². The molecule has 3 aromatic rings. The number of aromatic nitrogens is 2. The molecule has 1 aliphatic rings. The summed E-state index contributed by atoms with van der Waals surface area (Å²) in [6.07, 6.45) is 1.87. The third kappa shape index (κ3) is 4.66. The highest BCUT2D eigenvalue weighted by molar-refractivity contribution is 6.32. The number of ether oxygens (including phenoxy) is 1. The van der Waals surface area contributed by atoms with E-state index >= 15 is 0 Å². The highest BCUT2D eigenvalue weighted by atomic mass is 35.5. The van der Waals surface area contributed by atoms with Gasteiger partial charge >= 0.3 is 6.61 Å². The van der Waals surface area contributed by atoms with E-state index in [2.05, 4.69) is 10.5 Å². The van der Waals surface area contributed by atoms with Crippen molar-refractivity contribution in [3.05, 3.63) is 64.3 Å². The Morgan fingerprint density at radius 2 is 1.74 bits per heavy atom. The van der Waals surface area contributed by atoms with Crippen LogP contribution in [0.5, 0.6) is 5.75 Å². The van der Waals surface area contributed by atoms with Gasteiger partial charge in [-0.2, -0.15) is 13.9 Å². The van der Waals surface area contributed by atoms with Crippen LogP contribution in [0.1, 0.15) is 23.3 Å². The molecule has 0 radical (unpaired) electrons. The number of para-hydroxylation sites is 1.